The first-order chi connectivity index (χ1) is 12.2. The zero-order valence-electron chi connectivity index (χ0n) is 14.8. The molecule has 1 aromatic heterocycles. The molecule has 0 fully saturated rings. The lowest BCUT2D eigenvalue weighted by Crippen LogP contribution is -2.22. The number of aromatic nitrogens is 1. The molecule has 0 amide bonds. The molecule has 0 saturated carbocycles. The maximum atomic E-state index is 12.2. The van der Waals surface area contributed by atoms with E-state index in [0.717, 1.165) is 35.2 Å². The van der Waals surface area contributed by atoms with Crippen molar-refractivity contribution in [2.75, 3.05) is 13.2 Å². The molecule has 4 heteroatoms. The highest BCUT2D eigenvalue weighted by Crippen LogP contribution is 2.19. The summed E-state index contributed by atoms with van der Waals surface area (Å²) in [5.74, 6) is 0.820. The van der Waals surface area contributed by atoms with E-state index in [1.54, 1.807) is 0 Å². The van der Waals surface area contributed by atoms with E-state index in [0.29, 0.717) is 13.2 Å². The van der Waals surface area contributed by atoms with Crippen LogP contribution in [0.25, 0.3) is 10.9 Å². The number of hydrogen-bond donors (Lipinski definition) is 2. The molecule has 0 aliphatic heterocycles. The molecule has 1 heterocycles. The first kappa shape index (κ1) is 17.2. The molecule has 0 atom stereocenters. The molecule has 130 valence electrons. The fourth-order valence-electron chi connectivity index (χ4n) is 2.94. The van der Waals surface area contributed by atoms with E-state index in [1.165, 1.54) is 11.1 Å². The molecule has 0 unspecified atom stereocenters. The Morgan fingerprint density at radius 1 is 1.12 bits per heavy atom. The summed E-state index contributed by atoms with van der Waals surface area (Å²) < 4.78 is 5.53. The Labute approximate surface area is 147 Å². The van der Waals surface area contributed by atoms with Crippen LogP contribution in [0.1, 0.15) is 23.6 Å². The molecule has 2 N–H and O–H groups in total. The highest BCUT2D eigenvalue weighted by Gasteiger charge is 2.04. The summed E-state index contributed by atoms with van der Waals surface area (Å²) in [5, 5.41) is 4.35. The number of aromatic amines is 1. The van der Waals surface area contributed by atoms with Crippen LogP contribution in [0.15, 0.2) is 53.3 Å². The van der Waals surface area contributed by atoms with Gasteiger partial charge in [-0.05, 0) is 56.6 Å². The van der Waals surface area contributed by atoms with Crippen molar-refractivity contribution in [3.05, 3.63) is 75.6 Å². The molecule has 0 aliphatic carbocycles. The Kier molecular flexibility index (Phi) is 5.51. The van der Waals surface area contributed by atoms with E-state index in [1.807, 2.05) is 31.2 Å². The first-order valence-corrected chi connectivity index (χ1v) is 8.70. The number of ether oxygens (including phenoxy) is 1. The molecule has 3 rings (SSSR count). The van der Waals surface area contributed by atoms with Crippen molar-refractivity contribution in [3.8, 4) is 5.75 Å². The zero-order valence-corrected chi connectivity index (χ0v) is 14.8. The lowest BCUT2D eigenvalue weighted by molar-refractivity contribution is 0.340. The number of nitrogens with one attached hydrogen (secondary N) is 2. The number of pyridine rings is 1. The highest BCUT2D eigenvalue weighted by atomic mass is 16.5. The van der Waals surface area contributed by atoms with E-state index >= 15 is 0 Å². The van der Waals surface area contributed by atoms with Gasteiger partial charge in [0, 0.05) is 23.0 Å². The average molecular weight is 336 g/mol. The van der Waals surface area contributed by atoms with Crippen molar-refractivity contribution < 1.29 is 4.74 Å². The van der Waals surface area contributed by atoms with Crippen molar-refractivity contribution in [2.45, 2.75) is 26.8 Å². The third-order valence-electron chi connectivity index (χ3n) is 4.19. The molecule has 0 radical (unpaired) electrons. The van der Waals surface area contributed by atoms with Gasteiger partial charge in [0.1, 0.15) is 5.75 Å². The van der Waals surface area contributed by atoms with Crippen molar-refractivity contribution in [3.63, 3.8) is 0 Å². The second-order valence-electron chi connectivity index (χ2n) is 6.22. The Morgan fingerprint density at radius 2 is 2.00 bits per heavy atom. The number of benzene rings is 2. The van der Waals surface area contributed by atoms with Gasteiger partial charge in [-0.2, -0.15) is 0 Å². The lowest BCUT2D eigenvalue weighted by atomic mass is 10.1. The van der Waals surface area contributed by atoms with Gasteiger partial charge in [-0.25, -0.2) is 0 Å². The Balaban J connectivity index is 1.66. The van der Waals surface area contributed by atoms with E-state index in [-0.39, 0.29) is 5.56 Å². The number of rotatable bonds is 7. The number of fused-ring (bicyclic) bond motifs is 1. The predicted octanol–water partition coefficient (Wildman–Crippen LogP) is 3.57. The van der Waals surface area contributed by atoms with E-state index in [9.17, 15) is 4.79 Å². The molecule has 0 saturated heterocycles. The summed E-state index contributed by atoms with van der Waals surface area (Å²) in [6.07, 6.45) is 0.946. The molecule has 25 heavy (non-hydrogen) atoms. The van der Waals surface area contributed by atoms with Crippen LogP contribution in [0.4, 0.5) is 0 Å². The van der Waals surface area contributed by atoms with Crippen LogP contribution in [0, 0.1) is 6.92 Å². The minimum atomic E-state index is -0.0419. The largest absolute Gasteiger partial charge is 0.494 e. The van der Waals surface area contributed by atoms with Crippen molar-refractivity contribution in [1.82, 2.24) is 10.3 Å². The molecule has 4 nitrogen and oxygen atoms in total. The third kappa shape index (κ3) is 4.48. The van der Waals surface area contributed by atoms with Gasteiger partial charge in [0.2, 0.25) is 0 Å². The van der Waals surface area contributed by atoms with E-state index in [4.69, 9.17) is 4.74 Å². The SMILES string of the molecule is CCOc1ccc2[nH]c(=O)c(CNCCc3cccc(C)c3)cc2c1. The number of aryl methyl sites for hydroxylation is 1. The minimum absolute atomic E-state index is 0.0419. The van der Waals surface area contributed by atoms with Gasteiger partial charge in [0.05, 0.1) is 6.61 Å². The topological polar surface area (TPSA) is 54.1 Å². The summed E-state index contributed by atoms with van der Waals surface area (Å²) in [7, 11) is 0. The lowest BCUT2D eigenvalue weighted by Gasteiger charge is -2.08. The number of hydrogen-bond acceptors (Lipinski definition) is 3. The molecule has 0 spiro atoms. The van der Waals surface area contributed by atoms with E-state index in [2.05, 4.69) is 41.5 Å². The molecule has 0 bridgehead atoms. The normalized spacial score (nSPS) is 11.0. The van der Waals surface area contributed by atoms with Gasteiger partial charge < -0.3 is 15.0 Å². The molecule has 2 aromatic carbocycles. The molecule has 0 aliphatic rings. The first-order valence-electron chi connectivity index (χ1n) is 8.70. The van der Waals surface area contributed by atoms with Crippen molar-refractivity contribution >= 4 is 10.9 Å². The number of H-pyrrole nitrogens is 1. The third-order valence-corrected chi connectivity index (χ3v) is 4.19. The summed E-state index contributed by atoms with van der Waals surface area (Å²) in [6.45, 7) is 6.07. The summed E-state index contributed by atoms with van der Waals surface area (Å²) in [4.78, 5) is 15.2. The Morgan fingerprint density at radius 3 is 2.80 bits per heavy atom. The Bertz CT molecular complexity index is 915. The van der Waals surface area contributed by atoms with Crippen LogP contribution in [-0.2, 0) is 13.0 Å². The predicted molar refractivity (Wildman–Crippen MR) is 102 cm³/mol. The standard InChI is InChI=1S/C21H24N2O2/c1-3-25-19-7-8-20-17(13-19)12-18(21(24)23-20)14-22-10-9-16-6-4-5-15(2)11-16/h4-8,11-13,22H,3,9-10,14H2,1-2H3,(H,23,24). The summed E-state index contributed by atoms with van der Waals surface area (Å²) in [6, 6.07) is 16.2. The quantitative estimate of drug-likeness (QED) is 0.649. The van der Waals surface area contributed by atoms with Gasteiger partial charge >= 0.3 is 0 Å². The van der Waals surface area contributed by atoms with Crippen molar-refractivity contribution in [1.29, 1.82) is 0 Å². The summed E-state index contributed by atoms with van der Waals surface area (Å²) >= 11 is 0. The second-order valence-corrected chi connectivity index (χ2v) is 6.22. The van der Waals surface area contributed by atoms with Crippen LogP contribution in [0.3, 0.4) is 0 Å². The van der Waals surface area contributed by atoms with Crippen LogP contribution in [-0.4, -0.2) is 18.1 Å². The fraction of sp³-hybridized carbons (Fsp3) is 0.286. The molecule has 3 aromatic rings. The maximum Gasteiger partial charge on any atom is 0.252 e. The Hall–Kier alpha value is -2.59. The second kappa shape index (κ2) is 7.99. The van der Waals surface area contributed by atoms with Crippen LogP contribution >= 0.6 is 0 Å². The molecular weight excluding hydrogens is 312 g/mol. The fourth-order valence-corrected chi connectivity index (χ4v) is 2.94. The van der Waals surface area contributed by atoms with E-state index < -0.39 is 0 Å². The summed E-state index contributed by atoms with van der Waals surface area (Å²) in [5.41, 5.74) is 4.11. The molecular formula is C21H24N2O2. The van der Waals surface area contributed by atoms with Gasteiger partial charge in [0.15, 0.2) is 0 Å². The van der Waals surface area contributed by atoms with Gasteiger partial charge in [0.25, 0.3) is 5.56 Å². The maximum absolute atomic E-state index is 12.2. The van der Waals surface area contributed by atoms with Gasteiger partial charge in [-0.1, -0.05) is 29.8 Å². The zero-order chi connectivity index (χ0) is 17.6. The van der Waals surface area contributed by atoms with Gasteiger partial charge in [-0.15, -0.1) is 0 Å². The van der Waals surface area contributed by atoms with Crippen LogP contribution in [0.5, 0.6) is 5.75 Å². The van der Waals surface area contributed by atoms with Crippen molar-refractivity contribution in [2.24, 2.45) is 0 Å². The van der Waals surface area contributed by atoms with Crippen LogP contribution < -0.4 is 15.6 Å². The monoisotopic (exact) mass is 336 g/mol. The average Bonchev–Trinajstić information content (AvgIpc) is 2.59. The highest BCUT2D eigenvalue weighted by molar-refractivity contribution is 5.80. The van der Waals surface area contributed by atoms with Crippen LogP contribution in [0.2, 0.25) is 0 Å². The minimum Gasteiger partial charge on any atom is -0.494 e. The van der Waals surface area contributed by atoms with Gasteiger partial charge in [-0.3, -0.25) is 4.79 Å². The smallest absolute Gasteiger partial charge is 0.252 e.